The summed E-state index contributed by atoms with van der Waals surface area (Å²) in [4.78, 5) is 45.8. The van der Waals surface area contributed by atoms with Gasteiger partial charge >= 0.3 is 5.97 Å². The molecule has 3 aliphatic heterocycles. The van der Waals surface area contributed by atoms with Crippen LogP contribution in [0.4, 0.5) is 5.69 Å². The van der Waals surface area contributed by atoms with Crippen molar-refractivity contribution in [2.75, 3.05) is 44.7 Å². The zero-order valence-electron chi connectivity index (χ0n) is 25.5. The topological polar surface area (TPSA) is 140 Å². The molecule has 3 fully saturated rings. The number of nitrogens with two attached hydrogens (primary N) is 1. The first-order chi connectivity index (χ1) is 21.2. The van der Waals surface area contributed by atoms with E-state index in [1.165, 1.54) is 12.1 Å². The number of amides is 1. The molecule has 3 heterocycles. The van der Waals surface area contributed by atoms with Crippen molar-refractivity contribution < 1.29 is 24.2 Å². The number of rotatable bonds is 7. The van der Waals surface area contributed by atoms with Crippen LogP contribution in [-0.4, -0.2) is 84.5 Å². The summed E-state index contributed by atoms with van der Waals surface area (Å²) < 4.78 is 5.58. The van der Waals surface area contributed by atoms with Crippen molar-refractivity contribution in [3.8, 4) is 0 Å². The predicted molar refractivity (Wildman–Crippen MR) is 167 cm³/mol. The summed E-state index contributed by atoms with van der Waals surface area (Å²) >= 11 is 0. The molecule has 0 aromatic heterocycles. The molecule has 234 valence electrons. The zero-order valence-corrected chi connectivity index (χ0v) is 25.5. The number of nitrogens with zero attached hydrogens (tertiary/aromatic N) is 3. The summed E-state index contributed by atoms with van der Waals surface area (Å²) in [5, 5.41) is 17.0. The number of benzene rings is 2. The van der Waals surface area contributed by atoms with Gasteiger partial charge in [-0.1, -0.05) is 24.3 Å². The highest BCUT2D eigenvalue weighted by Crippen LogP contribution is 2.54. The molecule has 1 aliphatic carbocycles. The van der Waals surface area contributed by atoms with Crippen LogP contribution in [0.25, 0.3) is 0 Å². The Morgan fingerprint density at radius 1 is 1.00 bits per heavy atom. The van der Waals surface area contributed by atoms with Gasteiger partial charge in [0.05, 0.1) is 11.7 Å². The van der Waals surface area contributed by atoms with Crippen LogP contribution in [0, 0.1) is 16.7 Å². The summed E-state index contributed by atoms with van der Waals surface area (Å²) in [5.74, 6) is -1.00. The minimum Gasteiger partial charge on any atom is -0.478 e. The average molecular weight is 602 g/mol. The molecule has 4 aliphatic rings. The maximum absolute atomic E-state index is 14.2. The first kappa shape index (κ1) is 30.1. The van der Waals surface area contributed by atoms with Gasteiger partial charge in [-0.2, -0.15) is 0 Å². The highest BCUT2D eigenvalue weighted by molar-refractivity contribution is 5.94. The number of hydrogen-bond donors (Lipinski definition) is 3. The van der Waals surface area contributed by atoms with Gasteiger partial charge in [0, 0.05) is 57.9 Å². The van der Waals surface area contributed by atoms with Crippen LogP contribution in [0.2, 0.25) is 0 Å². The second-order valence-corrected chi connectivity index (χ2v) is 13.1. The van der Waals surface area contributed by atoms with Crippen molar-refractivity contribution in [1.82, 2.24) is 9.80 Å². The van der Waals surface area contributed by atoms with Gasteiger partial charge in [-0.15, -0.1) is 0 Å². The number of methoxy groups -OCH3 is 1. The summed E-state index contributed by atoms with van der Waals surface area (Å²) in [6.45, 7) is 3.76. The van der Waals surface area contributed by atoms with E-state index in [0.717, 1.165) is 87.1 Å². The van der Waals surface area contributed by atoms with Gasteiger partial charge in [0.15, 0.2) is 11.7 Å². The summed E-state index contributed by atoms with van der Waals surface area (Å²) in [7, 11) is 1.76. The van der Waals surface area contributed by atoms with Gasteiger partial charge in [-0.3, -0.25) is 15.0 Å². The fourth-order valence-corrected chi connectivity index (χ4v) is 7.95. The Balaban J connectivity index is 1.25. The Morgan fingerprint density at radius 2 is 1.68 bits per heavy atom. The Labute approximate surface area is 258 Å². The molecule has 1 amide bonds. The number of carboxylic acid groups (broad SMARTS) is 1. The van der Waals surface area contributed by atoms with Crippen LogP contribution in [0.15, 0.2) is 42.5 Å². The number of nitrogens with one attached hydrogen (secondary N) is 1. The maximum atomic E-state index is 14.2. The van der Waals surface area contributed by atoms with Crippen LogP contribution >= 0.6 is 0 Å². The first-order valence-corrected chi connectivity index (χ1v) is 15.8. The molecule has 10 nitrogen and oxygen atoms in total. The quantitative estimate of drug-likeness (QED) is 0.323. The Hall–Kier alpha value is -3.92. The van der Waals surface area contributed by atoms with Gasteiger partial charge in [0.2, 0.25) is 5.91 Å². The number of likely N-dealkylation sites (tertiary alicyclic amines) is 1. The number of carboxylic acids is 1. The van der Waals surface area contributed by atoms with Crippen LogP contribution in [-0.2, 0) is 27.2 Å². The molecule has 2 aromatic carbocycles. The van der Waals surface area contributed by atoms with Gasteiger partial charge in [-0.25, -0.2) is 4.79 Å². The minimum absolute atomic E-state index is 0.0542. The van der Waals surface area contributed by atoms with Crippen molar-refractivity contribution in [3.63, 3.8) is 0 Å². The molecular formula is C34H43N5O5. The van der Waals surface area contributed by atoms with Crippen molar-refractivity contribution in [3.05, 3.63) is 64.7 Å². The lowest BCUT2D eigenvalue weighted by atomic mass is 9.57. The molecule has 2 aromatic rings. The van der Waals surface area contributed by atoms with Crippen LogP contribution in [0.5, 0.6) is 0 Å². The number of piperidine rings is 2. The molecule has 10 heteroatoms. The molecule has 1 spiro atoms. The van der Waals surface area contributed by atoms with Gasteiger partial charge in [-0.05, 0) is 85.3 Å². The lowest BCUT2D eigenvalue weighted by Crippen LogP contribution is -2.55. The largest absolute Gasteiger partial charge is 0.478 e. The summed E-state index contributed by atoms with van der Waals surface area (Å²) in [6, 6.07) is 11.9. The number of anilines is 1. The normalized spacial score (nSPS) is 21.9. The molecule has 4 N–H and O–H groups in total. The minimum atomic E-state index is -1.01. The lowest BCUT2D eigenvalue weighted by molar-refractivity contribution is -0.151. The van der Waals surface area contributed by atoms with Crippen molar-refractivity contribution in [2.24, 2.45) is 17.1 Å². The van der Waals surface area contributed by atoms with E-state index in [2.05, 4.69) is 11.0 Å². The second-order valence-electron chi connectivity index (χ2n) is 13.1. The van der Waals surface area contributed by atoms with E-state index < -0.39 is 12.0 Å². The van der Waals surface area contributed by atoms with Gasteiger partial charge in [0.25, 0.3) is 0 Å². The zero-order chi connectivity index (χ0) is 31.0. The number of ether oxygens (including phenoxy) is 1. The van der Waals surface area contributed by atoms with Gasteiger partial charge < -0.3 is 30.3 Å². The second kappa shape index (κ2) is 12.2. The van der Waals surface area contributed by atoms with Crippen molar-refractivity contribution in [1.29, 1.82) is 5.41 Å². The van der Waals surface area contributed by atoms with E-state index in [9.17, 15) is 19.5 Å². The first-order valence-electron chi connectivity index (χ1n) is 15.8. The summed E-state index contributed by atoms with van der Waals surface area (Å²) in [5.41, 5.74) is 9.93. The van der Waals surface area contributed by atoms with Crippen molar-refractivity contribution in [2.45, 2.75) is 63.5 Å². The van der Waals surface area contributed by atoms with Gasteiger partial charge in [0.1, 0.15) is 6.04 Å². The average Bonchev–Trinajstić information content (AvgIpc) is 3.02. The highest BCUT2D eigenvalue weighted by atomic mass is 16.5. The third-order valence-corrected chi connectivity index (χ3v) is 10.6. The molecule has 1 saturated carbocycles. The van der Waals surface area contributed by atoms with E-state index in [-0.39, 0.29) is 47.1 Å². The van der Waals surface area contributed by atoms with Crippen molar-refractivity contribution >= 4 is 29.3 Å². The van der Waals surface area contributed by atoms with E-state index in [1.54, 1.807) is 19.2 Å². The number of carbonyl (C=O) groups is 3. The number of aromatic carboxylic acids is 1. The van der Waals surface area contributed by atoms with Crippen LogP contribution in [0.3, 0.4) is 0 Å². The Morgan fingerprint density at radius 3 is 2.30 bits per heavy atom. The Bertz CT molecular complexity index is 1420. The number of carbonyl (C=O) groups excluding carboxylic acids is 2. The maximum Gasteiger partial charge on any atom is 0.335 e. The third-order valence-electron chi connectivity index (χ3n) is 10.6. The fraction of sp³-hybridized carbons (Fsp3) is 0.529. The molecular weight excluding hydrogens is 558 g/mol. The monoisotopic (exact) mass is 601 g/mol. The molecule has 6 rings (SSSR count). The number of ketones is 1. The number of fused-ring (bicyclic) bond motifs is 1. The van der Waals surface area contributed by atoms with Crippen LogP contribution in [0.1, 0.15) is 71.6 Å². The van der Waals surface area contributed by atoms with E-state index in [4.69, 9.17) is 15.9 Å². The number of Topliss-reactive ketones (excluding diaryl/α,β-unsaturated/α-hetero) is 1. The number of guanidine groups is 1. The molecule has 2 saturated heterocycles. The predicted octanol–water partition coefficient (Wildman–Crippen LogP) is 3.62. The smallest absolute Gasteiger partial charge is 0.335 e. The van der Waals surface area contributed by atoms with Crippen LogP contribution < -0.4 is 10.6 Å². The van der Waals surface area contributed by atoms with E-state index in [1.807, 2.05) is 21.9 Å². The van der Waals surface area contributed by atoms with E-state index in [0.29, 0.717) is 13.0 Å². The SMILES string of the molecule is COC1CCN(c2cccc3c2CCN(C(=O)C2CC4(CCN(C(=N)N)CC4)C2)[C@H]3C(=O)Cc2ccc(C(=O)O)cc2)CC1. The molecule has 44 heavy (non-hydrogen) atoms. The molecule has 0 unspecified atom stereocenters. The standard InChI is InChI=1S/C34H43N5O5/c1-44-25-9-14-37(15-10-25)28-4-2-3-27-26(28)11-16-39(30(27)29(40)19-22-5-7-23(8-6-22)32(42)43)31(41)24-20-34(21-24)12-17-38(18-13-34)33(35)36/h2-8,24-25,30H,9-21H2,1H3,(H3,35,36)(H,42,43)/t30-/m1/s1. The molecule has 0 bridgehead atoms. The third kappa shape index (κ3) is 5.79. The molecule has 1 atom stereocenters. The lowest BCUT2D eigenvalue weighted by Gasteiger charge is -2.53. The summed E-state index contributed by atoms with van der Waals surface area (Å²) in [6.07, 6.45) is 6.46. The molecule has 0 radical (unpaired) electrons. The fourth-order valence-electron chi connectivity index (χ4n) is 7.95. The Kier molecular flexibility index (Phi) is 8.37. The highest BCUT2D eigenvalue weighted by Gasteiger charge is 2.51. The number of hydrogen-bond acceptors (Lipinski definition) is 6. The van der Waals surface area contributed by atoms with E-state index >= 15 is 0 Å².